The third-order valence-electron chi connectivity index (χ3n) is 7.40. The molecule has 0 aliphatic heterocycles. The Balaban J connectivity index is 1.73. The van der Waals surface area contributed by atoms with Crippen molar-refractivity contribution in [2.45, 2.75) is 103 Å². The van der Waals surface area contributed by atoms with Gasteiger partial charge in [-0.1, -0.05) is 120 Å². The van der Waals surface area contributed by atoms with Crippen molar-refractivity contribution in [3.8, 4) is 0 Å². The van der Waals surface area contributed by atoms with Crippen molar-refractivity contribution in [2.75, 3.05) is 0 Å². The summed E-state index contributed by atoms with van der Waals surface area (Å²) in [7, 11) is 0. The Morgan fingerprint density at radius 3 is 2.03 bits per heavy atom. The van der Waals surface area contributed by atoms with Crippen molar-refractivity contribution in [3.05, 3.63) is 90.0 Å². The zero-order chi connectivity index (χ0) is 23.4. The molecule has 0 aliphatic rings. The number of nitrogens with zero attached hydrogens (tertiary/aromatic N) is 1. The lowest BCUT2D eigenvalue weighted by atomic mass is 9.66. The van der Waals surface area contributed by atoms with Gasteiger partial charge in [0.05, 0.1) is 12.5 Å². The first-order valence-corrected chi connectivity index (χ1v) is 13.3. The molecule has 178 valence electrons. The lowest BCUT2D eigenvalue weighted by molar-refractivity contribution is -0.705. The molecule has 2 nitrogen and oxygen atoms in total. The van der Waals surface area contributed by atoms with E-state index in [0.717, 1.165) is 19.4 Å². The molecular formula is C31H45N2+. The quantitative estimate of drug-likeness (QED) is 0.180. The fourth-order valence-electron chi connectivity index (χ4n) is 5.50. The highest BCUT2D eigenvalue weighted by atomic mass is 15.1. The SMILES string of the molecule is CCCCCCCCCC[n+]1cc[nH]c1C(CC)C(C)(Cc1ccccc1)c1ccccc1. The van der Waals surface area contributed by atoms with E-state index < -0.39 is 0 Å². The smallest absolute Gasteiger partial charge is 0.247 e. The fraction of sp³-hybridized carbons (Fsp3) is 0.516. The van der Waals surface area contributed by atoms with Gasteiger partial charge in [-0.05, 0) is 36.8 Å². The summed E-state index contributed by atoms with van der Waals surface area (Å²) in [5.74, 6) is 1.80. The Morgan fingerprint density at radius 2 is 1.39 bits per heavy atom. The molecule has 2 unspecified atom stereocenters. The van der Waals surface area contributed by atoms with Gasteiger partial charge in [0.1, 0.15) is 12.4 Å². The van der Waals surface area contributed by atoms with E-state index in [9.17, 15) is 0 Å². The van der Waals surface area contributed by atoms with E-state index in [4.69, 9.17) is 0 Å². The average molecular weight is 446 g/mol. The largest absolute Gasteiger partial charge is 0.258 e. The molecule has 1 N–H and O–H groups in total. The molecule has 0 radical (unpaired) electrons. The molecule has 2 heteroatoms. The minimum atomic E-state index is 0.0171. The van der Waals surface area contributed by atoms with Crippen LogP contribution in [-0.4, -0.2) is 4.98 Å². The maximum Gasteiger partial charge on any atom is 0.258 e. The highest BCUT2D eigenvalue weighted by Gasteiger charge is 2.41. The summed E-state index contributed by atoms with van der Waals surface area (Å²) in [6, 6.07) is 22.1. The molecule has 0 spiro atoms. The summed E-state index contributed by atoms with van der Waals surface area (Å²) in [6.45, 7) is 8.21. The molecule has 0 amide bonds. The normalized spacial score (nSPS) is 14.2. The number of rotatable bonds is 15. The minimum absolute atomic E-state index is 0.0171. The number of benzene rings is 2. The van der Waals surface area contributed by atoms with Crippen molar-refractivity contribution in [1.82, 2.24) is 4.98 Å². The molecule has 2 aromatic carbocycles. The third-order valence-corrected chi connectivity index (χ3v) is 7.40. The first kappa shape index (κ1) is 25.3. The number of unbranched alkanes of at least 4 members (excludes halogenated alkanes) is 7. The number of aryl methyl sites for hydroxylation is 1. The van der Waals surface area contributed by atoms with Crippen molar-refractivity contribution in [1.29, 1.82) is 0 Å². The topological polar surface area (TPSA) is 19.7 Å². The number of H-pyrrole nitrogens is 1. The molecule has 0 aliphatic carbocycles. The van der Waals surface area contributed by atoms with Crippen LogP contribution < -0.4 is 4.57 Å². The third kappa shape index (κ3) is 7.06. The zero-order valence-corrected chi connectivity index (χ0v) is 21.2. The van der Waals surface area contributed by atoms with E-state index in [1.165, 1.54) is 68.3 Å². The summed E-state index contributed by atoms with van der Waals surface area (Å²) in [5.41, 5.74) is 2.85. The number of hydrogen-bond acceptors (Lipinski definition) is 0. The number of imidazole rings is 1. The monoisotopic (exact) mass is 445 g/mol. The van der Waals surface area contributed by atoms with Crippen LogP contribution in [-0.2, 0) is 18.4 Å². The van der Waals surface area contributed by atoms with E-state index in [1.54, 1.807) is 0 Å². The average Bonchev–Trinajstić information content (AvgIpc) is 3.30. The molecular weight excluding hydrogens is 400 g/mol. The molecule has 0 fully saturated rings. The Morgan fingerprint density at radius 1 is 0.788 bits per heavy atom. The van der Waals surface area contributed by atoms with Crippen LogP contribution in [0, 0.1) is 0 Å². The highest BCUT2D eigenvalue weighted by Crippen LogP contribution is 2.42. The lowest BCUT2D eigenvalue weighted by Gasteiger charge is -2.36. The predicted molar refractivity (Wildman–Crippen MR) is 141 cm³/mol. The van der Waals surface area contributed by atoms with Crippen LogP contribution in [0.4, 0.5) is 0 Å². The van der Waals surface area contributed by atoms with E-state index in [2.05, 4.69) is 103 Å². The Hall–Kier alpha value is -2.35. The van der Waals surface area contributed by atoms with Crippen LogP contribution in [0.15, 0.2) is 73.1 Å². The first-order valence-electron chi connectivity index (χ1n) is 13.3. The lowest BCUT2D eigenvalue weighted by Crippen LogP contribution is -2.43. The molecule has 0 bridgehead atoms. The van der Waals surface area contributed by atoms with Gasteiger partial charge in [0.15, 0.2) is 0 Å². The zero-order valence-electron chi connectivity index (χ0n) is 21.2. The van der Waals surface area contributed by atoms with Crippen molar-refractivity contribution >= 4 is 0 Å². The maximum absolute atomic E-state index is 3.66. The second-order valence-corrected chi connectivity index (χ2v) is 9.92. The standard InChI is InChI=1S/C31H44N2/c1-4-6-7-8-9-10-11-18-24-33-25-23-32-30(33)29(5-2)31(3,28-21-16-13-17-22-28)26-27-19-14-12-15-20-27/h12-17,19-23,25,29H,4-11,18,24,26H2,1-3H3/p+1. The number of aromatic amines is 1. The van der Waals surface area contributed by atoms with E-state index >= 15 is 0 Å². The summed E-state index contributed by atoms with van der Waals surface area (Å²) in [6.07, 6.45) is 17.4. The Labute approximate surface area is 202 Å². The Kier molecular flexibility index (Phi) is 10.2. The van der Waals surface area contributed by atoms with Crippen LogP contribution in [0.5, 0.6) is 0 Å². The van der Waals surface area contributed by atoms with Gasteiger partial charge in [-0.15, -0.1) is 0 Å². The van der Waals surface area contributed by atoms with Crippen LogP contribution in [0.1, 0.15) is 101 Å². The van der Waals surface area contributed by atoms with Crippen LogP contribution in [0.2, 0.25) is 0 Å². The van der Waals surface area contributed by atoms with Gasteiger partial charge in [0, 0.05) is 5.41 Å². The minimum Gasteiger partial charge on any atom is -0.247 e. The van der Waals surface area contributed by atoms with Gasteiger partial charge in [-0.2, -0.15) is 0 Å². The summed E-state index contributed by atoms with van der Waals surface area (Å²) >= 11 is 0. The summed E-state index contributed by atoms with van der Waals surface area (Å²) < 4.78 is 2.50. The van der Waals surface area contributed by atoms with Crippen LogP contribution in [0.25, 0.3) is 0 Å². The second kappa shape index (κ2) is 13.4. The van der Waals surface area contributed by atoms with Gasteiger partial charge >= 0.3 is 0 Å². The molecule has 3 aromatic rings. The van der Waals surface area contributed by atoms with Gasteiger partial charge in [0.2, 0.25) is 0 Å². The molecule has 0 saturated carbocycles. The van der Waals surface area contributed by atoms with Gasteiger partial charge in [0.25, 0.3) is 5.82 Å². The van der Waals surface area contributed by atoms with E-state index in [1.807, 2.05) is 0 Å². The molecule has 0 saturated heterocycles. The summed E-state index contributed by atoms with van der Waals surface area (Å²) in [4.78, 5) is 3.66. The van der Waals surface area contributed by atoms with Gasteiger partial charge in [-0.3, -0.25) is 0 Å². The molecule has 1 heterocycles. The fourth-order valence-corrected chi connectivity index (χ4v) is 5.50. The van der Waals surface area contributed by atoms with Crippen molar-refractivity contribution in [2.24, 2.45) is 0 Å². The maximum atomic E-state index is 3.66. The summed E-state index contributed by atoms with van der Waals surface area (Å²) in [5, 5.41) is 0. The number of nitrogens with one attached hydrogen (secondary N) is 1. The van der Waals surface area contributed by atoms with Crippen LogP contribution in [0.3, 0.4) is 0 Å². The molecule has 2 atom stereocenters. The second-order valence-electron chi connectivity index (χ2n) is 9.92. The van der Waals surface area contributed by atoms with Gasteiger partial charge < -0.3 is 0 Å². The highest BCUT2D eigenvalue weighted by molar-refractivity contribution is 5.32. The number of aromatic nitrogens is 2. The molecule has 1 aromatic heterocycles. The predicted octanol–water partition coefficient (Wildman–Crippen LogP) is 8.14. The van der Waals surface area contributed by atoms with Crippen LogP contribution >= 0.6 is 0 Å². The van der Waals surface area contributed by atoms with Crippen molar-refractivity contribution < 1.29 is 4.57 Å². The molecule has 3 rings (SSSR count). The Bertz CT molecular complexity index is 899. The van der Waals surface area contributed by atoms with Gasteiger partial charge in [-0.25, -0.2) is 9.55 Å². The molecule has 33 heavy (non-hydrogen) atoms. The van der Waals surface area contributed by atoms with E-state index in [-0.39, 0.29) is 5.41 Å². The van der Waals surface area contributed by atoms with E-state index in [0.29, 0.717) is 5.92 Å². The first-order chi connectivity index (χ1) is 16.2. The number of hydrogen-bond donors (Lipinski definition) is 1. The van der Waals surface area contributed by atoms with Crippen molar-refractivity contribution in [3.63, 3.8) is 0 Å².